The van der Waals surface area contributed by atoms with E-state index in [-0.39, 0.29) is 18.4 Å². The van der Waals surface area contributed by atoms with Crippen LogP contribution < -0.4 is 10.2 Å². The van der Waals surface area contributed by atoms with Gasteiger partial charge in [0.25, 0.3) is 0 Å². The summed E-state index contributed by atoms with van der Waals surface area (Å²) in [5, 5.41) is 2.88. The standard InChI is InChI=1S/C24H29N3O3/c1-3-26(24(29)17-19(2)20-7-5-4-6-8-20)18-23(28)25-21-9-11-22(12-10-21)27-13-15-30-16-14-27/h4-12,17H,3,13-16,18H2,1-2H3,(H,25,28). The first-order valence-electron chi connectivity index (χ1n) is 10.3. The van der Waals surface area contributed by atoms with Gasteiger partial charge in [0.1, 0.15) is 6.54 Å². The smallest absolute Gasteiger partial charge is 0.247 e. The second kappa shape index (κ2) is 10.6. The van der Waals surface area contributed by atoms with Gasteiger partial charge in [0, 0.05) is 37.1 Å². The van der Waals surface area contributed by atoms with Crippen LogP contribution in [0.3, 0.4) is 0 Å². The molecule has 2 amide bonds. The van der Waals surface area contributed by atoms with Gasteiger partial charge in [-0.3, -0.25) is 9.59 Å². The molecule has 1 heterocycles. The Morgan fingerprint density at radius 1 is 1.07 bits per heavy atom. The number of hydrogen-bond acceptors (Lipinski definition) is 4. The molecule has 0 spiro atoms. The van der Waals surface area contributed by atoms with Crippen LogP contribution >= 0.6 is 0 Å². The van der Waals surface area contributed by atoms with Crippen LogP contribution in [0.5, 0.6) is 0 Å². The normalized spacial score (nSPS) is 14.3. The molecule has 1 aliphatic rings. The second-order valence-electron chi connectivity index (χ2n) is 7.24. The Balaban J connectivity index is 1.56. The van der Waals surface area contributed by atoms with Crippen molar-refractivity contribution in [1.82, 2.24) is 4.90 Å². The van der Waals surface area contributed by atoms with Gasteiger partial charge >= 0.3 is 0 Å². The highest BCUT2D eigenvalue weighted by Gasteiger charge is 2.15. The van der Waals surface area contributed by atoms with Crippen molar-refractivity contribution in [3.05, 3.63) is 66.2 Å². The second-order valence-corrected chi connectivity index (χ2v) is 7.24. The first kappa shape index (κ1) is 21.6. The Hall–Kier alpha value is -3.12. The number of hydrogen-bond donors (Lipinski definition) is 1. The summed E-state index contributed by atoms with van der Waals surface area (Å²) >= 11 is 0. The number of nitrogens with one attached hydrogen (secondary N) is 1. The van der Waals surface area contributed by atoms with Gasteiger partial charge in [-0.2, -0.15) is 0 Å². The van der Waals surface area contributed by atoms with E-state index in [1.54, 1.807) is 6.08 Å². The van der Waals surface area contributed by atoms with E-state index in [0.717, 1.165) is 48.8 Å². The molecule has 0 saturated carbocycles. The summed E-state index contributed by atoms with van der Waals surface area (Å²) in [6.45, 7) is 7.45. The number of anilines is 2. The molecular weight excluding hydrogens is 378 g/mol. The fraction of sp³-hybridized carbons (Fsp3) is 0.333. The van der Waals surface area contributed by atoms with Gasteiger partial charge in [-0.25, -0.2) is 0 Å². The highest BCUT2D eigenvalue weighted by Crippen LogP contribution is 2.19. The van der Waals surface area contributed by atoms with Crippen molar-refractivity contribution < 1.29 is 14.3 Å². The lowest BCUT2D eigenvalue weighted by atomic mass is 10.1. The van der Waals surface area contributed by atoms with E-state index < -0.39 is 0 Å². The van der Waals surface area contributed by atoms with Gasteiger partial charge in [0.05, 0.1) is 13.2 Å². The van der Waals surface area contributed by atoms with Crippen molar-refractivity contribution in [2.75, 3.05) is 49.6 Å². The Morgan fingerprint density at radius 3 is 2.37 bits per heavy atom. The zero-order valence-corrected chi connectivity index (χ0v) is 17.6. The number of nitrogens with zero attached hydrogens (tertiary/aromatic N) is 2. The molecular formula is C24H29N3O3. The molecule has 0 aromatic heterocycles. The highest BCUT2D eigenvalue weighted by molar-refractivity contribution is 5.99. The number of likely N-dealkylation sites (N-methyl/N-ethyl adjacent to an activating group) is 1. The lowest BCUT2D eigenvalue weighted by Crippen LogP contribution is -2.37. The van der Waals surface area contributed by atoms with Crippen molar-refractivity contribution in [1.29, 1.82) is 0 Å². The molecule has 0 radical (unpaired) electrons. The molecule has 2 aromatic carbocycles. The number of ether oxygens (including phenoxy) is 1. The highest BCUT2D eigenvalue weighted by atomic mass is 16.5. The quantitative estimate of drug-likeness (QED) is 0.715. The van der Waals surface area contributed by atoms with Crippen molar-refractivity contribution in [3.8, 4) is 0 Å². The monoisotopic (exact) mass is 407 g/mol. The molecule has 0 atom stereocenters. The summed E-state index contributed by atoms with van der Waals surface area (Å²) < 4.78 is 5.38. The zero-order chi connectivity index (χ0) is 21.3. The summed E-state index contributed by atoms with van der Waals surface area (Å²) in [7, 11) is 0. The van der Waals surface area contributed by atoms with E-state index in [0.29, 0.717) is 6.54 Å². The van der Waals surface area contributed by atoms with Crippen LogP contribution in [0.25, 0.3) is 5.57 Å². The minimum absolute atomic E-state index is 0.0130. The van der Waals surface area contributed by atoms with E-state index in [2.05, 4.69) is 10.2 Å². The van der Waals surface area contributed by atoms with E-state index in [4.69, 9.17) is 4.74 Å². The van der Waals surface area contributed by atoms with Gasteiger partial charge in [0.15, 0.2) is 0 Å². The van der Waals surface area contributed by atoms with Crippen LogP contribution in [0.2, 0.25) is 0 Å². The molecule has 30 heavy (non-hydrogen) atoms. The molecule has 1 saturated heterocycles. The van der Waals surface area contributed by atoms with Crippen LogP contribution in [-0.4, -0.2) is 56.1 Å². The molecule has 0 aliphatic carbocycles. The molecule has 0 bridgehead atoms. The molecule has 6 nitrogen and oxygen atoms in total. The fourth-order valence-corrected chi connectivity index (χ4v) is 3.36. The van der Waals surface area contributed by atoms with Gasteiger partial charge in [-0.1, -0.05) is 30.3 Å². The first-order valence-corrected chi connectivity index (χ1v) is 10.3. The van der Waals surface area contributed by atoms with E-state index in [1.807, 2.05) is 68.4 Å². The van der Waals surface area contributed by atoms with Crippen molar-refractivity contribution >= 4 is 28.8 Å². The largest absolute Gasteiger partial charge is 0.378 e. The summed E-state index contributed by atoms with van der Waals surface area (Å²) in [5.74, 6) is -0.383. The maximum Gasteiger partial charge on any atom is 0.247 e. The molecule has 158 valence electrons. The van der Waals surface area contributed by atoms with E-state index >= 15 is 0 Å². The fourth-order valence-electron chi connectivity index (χ4n) is 3.36. The van der Waals surface area contributed by atoms with Gasteiger partial charge < -0.3 is 19.9 Å². The summed E-state index contributed by atoms with van der Waals surface area (Å²) in [5.41, 5.74) is 3.70. The predicted molar refractivity (Wildman–Crippen MR) is 120 cm³/mol. The van der Waals surface area contributed by atoms with Gasteiger partial charge in [-0.05, 0) is 49.2 Å². The third-order valence-electron chi connectivity index (χ3n) is 5.12. The molecule has 1 N–H and O–H groups in total. The minimum atomic E-state index is -0.213. The molecule has 3 rings (SSSR count). The number of amides is 2. The average molecular weight is 408 g/mol. The Bertz CT molecular complexity index is 872. The van der Waals surface area contributed by atoms with Crippen LogP contribution in [0.1, 0.15) is 19.4 Å². The zero-order valence-electron chi connectivity index (χ0n) is 17.6. The summed E-state index contributed by atoms with van der Waals surface area (Å²) in [4.78, 5) is 28.9. The van der Waals surface area contributed by atoms with Crippen molar-refractivity contribution in [3.63, 3.8) is 0 Å². The van der Waals surface area contributed by atoms with E-state index in [1.165, 1.54) is 4.90 Å². The summed E-state index contributed by atoms with van der Waals surface area (Å²) in [6, 6.07) is 17.5. The van der Waals surface area contributed by atoms with Crippen LogP contribution in [0, 0.1) is 0 Å². The summed E-state index contributed by atoms with van der Waals surface area (Å²) in [6.07, 6.45) is 1.59. The van der Waals surface area contributed by atoms with Gasteiger partial charge in [0.2, 0.25) is 11.8 Å². The third kappa shape index (κ3) is 5.94. The first-order chi connectivity index (χ1) is 14.6. The molecule has 1 aliphatic heterocycles. The van der Waals surface area contributed by atoms with Crippen molar-refractivity contribution in [2.24, 2.45) is 0 Å². The third-order valence-corrected chi connectivity index (χ3v) is 5.12. The Morgan fingerprint density at radius 2 is 1.73 bits per heavy atom. The topological polar surface area (TPSA) is 61.9 Å². The van der Waals surface area contributed by atoms with Crippen molar-refractivity contribution in [2.45, 2.75) is 13.8 Å². The van der Waals surface area contributed by atoms with Crippen LogP contribution in [0.15, 0.2) is 60.7 Å². The molecule has 1 fully saturated rings. The van der Waals surface area contributed by atoms with E-state index in [9.17, 15) is 9.59 Å². The molecule has 0 unspecified atom stereocenters. The predicted octanol–water partition coefficient (Wildman–Crippen LogP) is 3.41. The molecule has 2 aromatic rings. The number of benzene rings is 2. The molecule has 6 heteroatoms. The average Bonchev–Trinajstić information content (AvgIpc) is 2.79. The Kier molecular flexibility index (Phi) is 7.63. The van der Waals surface area contributed by atoms with Crippen LogP contribution in [-0.2, 0) is 14.3 Å². The lowest BCUT2D eigenvalue weighted by Gasteiger charge is -2.29. The SMILES string of the molecule is CCN(CC(=O)Nc1ccc(N2CCOCC2)cc1)C(=O)C=C(C)c1ccccc1. The lowest BCUT2D eigenvalue weighted by molar-refractivity contribution is -0.130. The maximum atomic E-state index is 12.6. The number of carbonyl (C=O) groups excluding carboxylic acids is 2. The number of carbonyl (C=O) groups is 2. The minimum Gasteiger partial charge on any atom is -0.378 e. The maximum absolute atomic E-state index is 12.6. The number of allylic oxidation sites excluding steroid dienone is 1. The Labute approximate surface area is 178 Å². The van der Waals surface area contributed by atoms with Gasteiger partial charge in [-0.15, -0.1) is 0 Å². The van der Waals surface area contributed by atoms with Crippen LogP contribution in [0.4, 0.5) is 11.4 Å². The number of morpholine rings is 1. The number of rotatable bonds is 7.